The molecule has 0 spiro atoms. The summed E-state index contributed by atoms with van der Waals surface area (Å²) in [6.45, 7) is 1.19. The lowest BCUT2D eigenvalue weighted by Crippen LogP contribution is -2.11. The van der Waals surface area contributed by atoms with Gasteiger partial charge in [-0.15, -0.1) is 0 Å². The van der Waals surface area contributed by atoms with Crippen LogP contribution in [0.25, 0.3) is 0 Å². The van der Waals surface area contributed by atoms with Gasteiger partial charge in [0.1, 0.15) is 5.02 Å². The molecule has 0 radical (unpaired) electrons. The van der Waals surface area contributed by atoms with Gasteiger partial charge >= 0.3 is 0 Å². The molecule has 7 heteroatoms. The minimum absolute atomic E-state index is 0.0648. The van der Waals surface area contributed by atoms with Crippen LogP contribution < -0.4 is 17.2 Å². The largest absolute Gasteiger partial charge is 0.399 e. The van der Waals surface area contributed by atoms with Crippen molar-refractivity contribution in [3.8, 4) is 0 Å². The standard InChI is InChI=1S/C6H5ClN2O2.C2H8N2/c7-5-3-4(8)1-2-6(5)9(10)11;3-1-2-4/h1-3H,8H2;1-4H2. The van der Waals surface area contributed by atoms with E-state index in [1.807, 2.05) is 0 Å². The number of nitrogens with two attached hydrogens (primary N) is 3. The van der Waals surface area contributed by atoms with Crippen molar-refractivity contribution >= 4 is 23.0 Å². The fourth-order valence-corrected chi connectivity index (χ4v) is 0.929. The van der Waals surface area contributed by atoms with Gasteiger partial charge in [-0.25, -0.2) is 0 Å². The van der Waals surface area contributed by atoms with Gasteiger partial charge in [-0.1, -0.05) is 11.6 Å². The van der Waals surface area contributed by atoms with Crippen LogP contribution in [0.4, 0.5) is 11.4 Å². The molecule has 1 aromatic carbocycles. The highest BCUT2D eigenvalue weighted by Crippen LogP contribution is 2.25. The first-order valence-electron chi connectivity index (χ1n) is 4.12. The van der Waals surface area contributed by atoms with Crippen LogP contribution in [0.3, 0.4) is 0 Å². The van der Waals surface area contributed by atoms with Gasteiger partial charge in [0.05, 0.1) is 4.92 Å². The Balaban J connectivity index is 0.000000423. The molecule has 0 aliphatic rings. The SMILES string of the molecule is NCCN.Nc1ccc([N+](=O)[O-])c(Cl)c1. The molecule has 1 aromatic rings. The van der Waals surface area contributed by atoms with E-state index in [4.69, 9.17) is 28.8 Å². The lowest BCUT2D eigenvalue weighted by molar-refractivity contribution is -0.384. The molecule has 0 fully saturated rings. The normalized spacial score (nSPS) is 9.00. The second-order valence-electron chi connectivity index (χ2n) is 2.55. The molecule has 0 heterocycles. The smallest absolute Gasteiger partial charge is 0.288 e. The number of halogens is 1. The molecule has 0 saturated carbocycles. The quantitative estimate of drug-likeness (QED) is 0.394. The molecule has 1 rings (SSSR count). The number of nitrogen functional groups attached to an aromatic ring is 1. The number of benzene rings is 1. The molecule has 0 aliphatic carbocycles. The highest BCUT2D eigenvalue weighted by Gasteiger charge is 2.10. The molecule has 6 N–H and O–H groups in total. The van der Waals surface area contributed by atoms with Crippen LogP contribution >= 0.6 is 11.6 Å². The van der Waals surface area contributed by atoms with Crippen molar-refractivity contribution < 1.29 is 4.92 Å². The third-order valence-electron chi connectivity index (χ3n) is 1.34. The summed E-state index contributed by atoms with van der Waals surface area (Å²) in [4.78, 5) is 9.66. The van der Waals surface area contributed by atoms with E-state index in [1.54, 1.807) is 0 Å². The molecule has 0 aromatic heterocycles. The van der Waals surface area contributed by atoms with Crippen molar-refractivity contribution in [2.45, 2.75) is 0 Å². The second-order valence-corrected chi connectivity index (χ2v) is 2.95. The number of nitro groups is 1. The minimum Gasteiger partial charge on any atom is -0.399 e. The molecule has 0 saturated heterocycles. The van der Waals surface area contributed by atoms with E-state index in [9.17, 15) is 10.1 Å². The summed E-state index contributed by atoms with van der Waals surface area (Å²) in [6, 6.07) is 4.06. The average Bonchev–Trinajstić information content (AvgIpc) is 2.17. The van der Waals surface area contributed by atoms with Gasteiger partial charge in [0.25, 0.3) is 5.69 Å². The predicted molar refractivity (Wildman–Crippen MR) is 60.6 cm³/mol. The Kier molecular flexibility index (Phi) is 6.35. The van der Waals surface area contributed by atoms with E-state index in [0.717, 1.165) is 0 Å². The molecular formula is C8H13ClN4O2. The van der Waals surface area contributed by atoms with E-state index in [-0.39, 0.29) is 10.7 Å². The highest BCUT2D eigenvalue weighted by molar-refractivity contribution is 6.32. The summed E-state index contributed by atoms with van der Waals surface area (Å²) >= 11 is 5.50. The van der Waals surface area contributed by atoms with Crippen molar-refractivity contribution in [2.75, 3.05) is 18.8 Å². The Morgan fingerprint density at radius 2 is 1.87 bits per heavy atom. The lowest BCUT2D eigenvalue weighted by Gasteiger charge is -1.94. The molecular weight excluding hydrogens is 220 g/mol. The van der Waals surface area contributed by atoms with Gasteiger partial charge in [-0.05, 0) is 12.1 Å². The minimum atomic E-state index is -0.554. The summed E-state index contributed by atoms with van der Waals surface area (Å²) in [5.41, 5.74) is 15.4. The Bertz CT molecular complexity index is 330. The molecule has 6 nitrogen and oxygen atoms in total. The monoisotopic (exact) mass is 232 g/mol. The first-order chi connectivity index (χ1) is 7.02. The zero-order chi connectivity index (χ0) is 11.8. The van der Waals surface area contributed by atoms with Gasteiger partial charge in [0.2, 0.25) is 0 Å². The van der Waals surface area contributed by atoms with Crippen LogP contribution in [-0.2, 0) is 0 Å². The van der Waals surface area contributed by atoms with Crippen molar-refractivity contribution in [2.24, 2.45) is 11.5 Å². The molecule has 0 bridgehead atoms. The van der Waals surface area contributed by atoms with Gasteiger partial charge in [-0.3, -0.25) is 10.1 Å². The van der Waals surface area contributed by atoms with Crippen LogP contribution in [0.5, 0.6) is 0 Å². The molecule has 15 heavy (non-hydrogen) atoms. The molecule has 84 valence electrons. The number of hydrogen-bond acceptors (Lipinski definition) is 5. The molecule has 0 aliphatic heterocycles. The van der Waals surface area contributed by atoms with E-state index >= 15 is 0 Å². The molecule has 0 atom stereocenters. The number of nitro benzene ring substituents is 1. The van der Waals surface area contributed by atoms with Crippen molar-refractivity contribution in [1.29, 1.82) is 0 Å². The first kappa shape index (κ1) is 13.6. The summed E-state index contributed by atoms with van der Waals surface area (Å²) in [5, 5.41) is 10.3. The van der Waals surface area contributed by atoms with Crippen molar-refractivity contribution in [1.82, 2.24) is 0 Å². The summed E-state index contributed by atoms with van der Waals surface area (Å²) in [7, 11) is 0. The maximum absolute atomic E-state index is 10.2. The van der Waals surface area contributed by atoms with E-state index < -0.39 is 4.92 Å². The van der Waals surface area contributed by atoms with Crippen molar-refractivity contribution in [3.05, 3.63) is 33.3 Å². The Morgan fingerprint density at radius 1 is 1.33 bits per heavy atom. The van der Waals surface area contributed by atoms with Crippen LogP contribution in [0.1, 0.15) is 0 Å². The zero-order valence-corrected chi connectivity index (χ0v) is 8.78. The van der Waals surface area contributed by atoms with E-state index in [1.165, 1.54) is 18.2 Å². The van der Waals surface area contributed by atoms with Crippen LogP contribution in [0.15, 0.2) is 18.2 Å². The predicted octanol–water partition coefficient (Wildman–Crippen LogP) is 0.734. The summed E-state index contributed by atoms with van der Waals surface area (Å²) < 4.78 is 0. The second kappa shape index (κ2) is 6.99. The molecule has 0 amide bonds. The maximum Gasteiger partial charge on any atom is 0.288 e. The van der Waals surface area contributed by atoms with E-state index in [2.05, 4.69) is 0 Å². The number of hydrogen-bond donors (Lipinski definition) is 3. The Labute approximate surface area is 92.1 Å². The summed E-state index contributed by atoms with van der Waals surface area (Å²) in [5.74, 6) is 0. The maximum atomic E-state index is 10.2. The van der Waals surface area contributed by atoms with Crippen LogP contribution in [0, 0.1) is 10.1 Å². The molecule has 0 unspecified atom stereocenters. The van der Waals surface area contributed by atoms with Gasteiger partial charge in [-0.2, -0.15) is 0 Å². The highest BCUT2D eigenvalue weighted by atomic mass is 35.5. The Hall–Kier alpha value is -1.37. The first-order valence-corrected chi connectivity index (χ1v) is 4.50. The van der Waals surface area contributed by atoms with Crippen LogP contribution in [-0.4, -0.2) is 18.0 Å². The van der Waals surface area contributed by atoms with Gasteiger partial charge < -0.3 is 17.2 Å². The third kappa shape index (κ3) is 5.16. The fraction of sp³-hybridized carbons (Fsp3) is 0.250. The lowest BCUT2D eigenvalue weighted by atomic mass is 10.3. The van der Waals surface area contributed by atoms with E-state index in [0.29, 0.717) is 18.8 Å². The zero-order valence-electron chi connectivity index (χ0n) is 8.02. The van der Waals surface area contributed by atoms with Crippen molar-refractivity contribution in [3.63, 3.8) is 0 Å². The number of rotatable bonds is 2. The van der Waals surface area contributed by atoms with Gasteiger partial charge in [0, 0.05) is 24.8 Å². The van der Waals surface area contributed by atoms with Gasteiger partial charge in [0.15, 0.2) is 0 Å². The number of nitrogens with zero attached hydrogens (tertiary/aromatic N) is 1. The van der Waals surface area contributed by atoms with Crippen LogP contribution in [0.2, 0.25) is 5.02 Å². The number of anilines is 1. The fourth-order valence-electron chi connectivity index (χ4n) is 0.671. The topological polar surface area (TPSA) is 121 Å². The third-order valence-corrected chi connectivity index (χ3v) is 1.64. The Morgan fingerprint density at radius 3 is 2.20 bits per heavy atom. The average molecular weight is 233 g/mol. The summed E-state index contributed by atoms with van der Waals surface area (Å²) in [6.07, 6.45) is 0.